The Kier molecular flexibility index (Phi) is 11.5. The lowest BCUT2D eigenvalue weighted by molar-refractivity contribution is -0.303. The summed E-state index contributed by atoms with van der Waals surface area (Å²) in [7, 11) is -3.13. The third-order valence-electron chi connectivity index (χ3n) is 7.28. The maximum atomic E-state index is 13.0. The molecule has 0 radical (unpaired) electrons. The molecule has 1 aromatic heterocycles. The molecule has 1 aliphatic rings. The molecule has 3 aromatic rings. The van der Waals surface area contributed by atoms with Crippen LogP contribution in [0.1, 0.15) is 26.2 Å². The Balaban J connectivity index is 1.53. The molecule has 9 nitrogen and oxygen atoms in total. The zero-order valence-electron chi connectivity index (χ0n) is 25.4. The molecule has 0 unspecified atom stereocenters. The molecule has 2 aromatic carbocycles. The standard InChI is InChI=1S/C32H35ClF3N3O6S/c1-5-27(45-32(34,35)36)31(6-2)46(40,41)38-26-18-22(8-9-24(26)33)44-28-10-13-37-25-20-30(29(42-4)19-23(25)28)43-17-7-14-39-15-11-21(3)12-16-39/h5-6,8-10,13,18-21,38H,1-2,7,11-12,14-17H2,3-4H3/b31-27-. The van der Waals surface area contributed by atoms with Crippen LogP contribution in [0.3, 0.4) is 0 Å². The average Bonchev–Trinajstić information content (AvgIpc) is 3.00. The van der Waals surface area contributed by atoms with Crippen molar-refractivity contribution in [2.45, 2.75) is 32.5 Å². The van der Waals surface area contributed by atoms with Crippen molar-refractivity contribution in [3.8, 4) is 23.0 Å². The number of benzene rings is 2. The van der Waals surface area contributed by atoms with E-state index in [4.69, 9.17) is 25.8 Å². The van der Waals surface area contributed by atoms with Crippen molar-refractivity contribution in [2.75, 3.05) is 38.1 Å². The van der Waals surface area contributed by atoms with Crippen molar-refractivity contribution in [1.82, 2.24) is 9.88 Å². The molecule has 14 heteroatoms. The molecule has 4 rings (SSSR count). The number of nitrogens with one attached hydrogen (secondary N) is 1. The highest BCUT2D eigenvalue weighted by molar-refractivity contribution is 7.96. The number of allylic oxidation sites excluding steroid dienone is 2. The first kappa shape index (κ1) is 34.9. The maximum Gasteiger partial charge on any atom is 0.573 e. The summed E-state index contributed by atoms with van der Waals surface area (Å²) < 4.78 is 88.3. The molecule has 0 saturated carbocycles. The summed E-state index contributed by atoms with van der Waals surface area (Å²) in [6.07, 6.45) is 0.990. The van der Waals surface area contributed by atoms with Gasteiger partial charge in [0.15, 0.2) is 11.5 Å². The summed E-state index contributed by atoms with van der Waals surface area (Å²) in [5, 5.41) is 0.539. The zero-order chi connectivity index (χ0) is 33.5. The van der Waals surface area contributed by atoms with Gasteiger partial charge in [-0.1, -0.05) is 31.7 Å². The first-order valence-corrected chi connectivity index (χ1v) is 16.3. The van der Waals surface area contributed by atoms with E-state index in [0.717, 1.165) is 32.0 Å². The van der Waals surface area contributed by atoms with E-state index in [-0.39, 0.29) is 16.5 Å². The second-order valence-electron chi connectivity index (χ2n) is 10.6. The van der Waals surface area contributed by atoms with Crippen LogP contribution in [0.25, 0.3) is 10.9 Å². The van der Waals surface area contributed by atoms with Crippen molar-refractivity contribution >= 4 is 38.2 Å². The number of hydrogen-bond acceptors (Lipinski definition) is 8. The quantitative estimate of drug-likeness (QED) is 0.104. The summed E-state index contributed by atoms with van der Waals surface area (Å²) >= 11 is 6.23. The fourth-order valence-corrected chi connectivity index (χ4v) is 6.28. The molecule has 248 valence electrons. The molecule has 1 aliphatic heterocycles. The Morgan fingerprint density at radius 2 is 1.85 bits per heavy atom. The van der Waals surface area contributed by atoms with Gasteiger partial charge in [0.2, 0.25) is 0 Å². The summed E-state index contributed by atoms with van der Waals surface area (Å²) in [4.78, 5) is 5.99. The molecule has 0 amide bonds. The Morgan fingerprint density at radius 1 is 1.11 bits per heavy atom. The van der Waals surface area contributed by atoms with E-state index in [0.29, 0.717) is 46.9 Å². The van der Waals surface area contributed by atoms with E-state index in [2.05, 4.69) is 39.4 Å². The Morgan fingerprint density at radius 3 is 2.50 bits per heavy atom. The zero-order valence-corrected chi connectivity index (χ0v) is 27.0. The minimum absolute atomic E-state index is 0.0471. The van der Waals surface area contributed by atoms with Gasteiger partial charge in [0, 0.05) is 30.3 Å². The lowest BCUT2D eigenvalue weighted by atomic mass is 9.99. The van der Waals surface area contributed by atoms with Crippen LogP contribution >= 0.6 is 11.6 Å². The van der Waals surface area contributed by atoms with Crippen LogP contribution in [0, 0.1) is 5.92 Å². The van der Waals surface area contributed by atoms with Crippen LogP contribution in [-0.4, -0.2) is 58.0 Å². The first-order chi connectivity index (χ1) is 21.8. The van der Waals surface area contributed by atoms with Gasteiger partial charge < -0.3 is 23.8 Å². The van der Waals surface area contributed by atoms with Crippen LogP contribution in [0.4, 0.5) is 18.9 Å². The molecule has 0 aliphatic carbocycles. The summed E-state index contributed by atoms with van der Waals surface area (Å²) in [5.41, 5.74) is 0.398. The highest BCUT2D eigenvalue weighted by atomic mass is 35.5. The number of sulfonamides is 1. The number of piperidine rings is 1. The lowest BCUT2D eigenvalue weighted by Gasteiger charge is -2.30. The van der Waals surface area contributed by atoms with Crippen LogP contribution in [-0.2, 0) is 14.8 Å². The number of methoxy groups -OCH3 is 1. The molecule has 1 N–H and O–H groups in total. The van der Waals surface area contributed by atoms with Gasteiger partial charge in [0.1, 0.15) is 22.2 Å². The number of halogens is 4. The van der Waals surface area contributed by atoms with Gasteiger partial charge in [-0.05, 0) is 74.7 Å². The third kappa shape index (κ3) is 9.08. The number of anilines is 1. The van der Waals surface area contributed by atoms with E-state index in [1.54, 1.807) is 24.4 Å². The molecule has 2 heterocycles. The van der Waals surface area contributed by atoms with Gasteiger partial charge in [-0.15, -0.1) is 13.2 Å². The summed E-state index contributed by atoms with van der Waals surface area (Å²) in [5.74, 6) is 1.26. The number of ether oxygens (including phenoxy) is 4. The Bertz CT molecular complexity index is 1710. The molecule has 0 bridgehead atoms. The minimum Gasteiger partial charge on any atom is -0.493 e. The second-order valence-corrected chi connectivity index (χ2v) is 12.6. The van der Waals surface area contributed by atoms with Crippen molar-refractivity contribution < 1.29 is 40.5 Å². The fourth-order valence-electron chi connectivity index (χ4n) is 4.88. The second kappa shape index (κ2) is 15.1. The minimum atomic E-state index is -5.16. The molecular weight excluding hydrogens is 647 g/mol. The monoisotopic (exact) mass is 681 g/mol. The summed E-state index contributed by atoms with van der Waals surface area (Å²) in [6.45, 7) is 12.5. The van der Waals surface area contributed by atoms with Crippen molar-refractivity contribution in [3.05, 3.63) is 83.6 Å². The van der Waals surface area contributed by atoms with Gasteiger partial charge in [-0.3, -0.25) is 9.71 Å². The largest absolute Gasteiger partial charge is 0.573 e. The van der Waals surface area contributed by atoms with Crippen LogP contribution < -0.4 is 18.9 Å². The average molecular weight is 682 g/mol. The fraction of sp³-hybridized carbons (Fsp3) is 0.344. The van der Waals surface area contributed by atoms with Crippen molar-refractivity contribution in [1.29, 1.82) is 0 Å². The third-order valence-corrected chi connectivity index (χ3v) is 9.04. The van der Waals surface area contributed by atoms with Gasteiger partial charge >= 0.3 is 6.36 Å². The topological polar surface area (TPSA) is 99.2 Å². The molecular formula is C32H35ClF3N3O6S. The van der Waals surface area contributed by atoms with Crippen molar-refractivity contribution in [3.63, 3.8) is 0 Å². The highest BCUT2D eigenvalue weighted by Crippen LogP contribution is 2.39. The van der Waals surface area contributed by atoms with Crippen LogP contribution in [0.15, 0.2) is 78.6 Å². The predicted molar refractivity (Wildman–Crippen MR) is 172 cm³/mol. The molecule has 0 spiro atoms. The lowest BCUT2D eigenvalue weighted by Crippen LogP contribution is -2.34. The molecule has 0 atom stereocenters. The normalized spacial score (nSPS) is 15.2. The number of likely N-dealkylation sites (tertiary alicyclic amines) is 1. The van der Waals surface area contributed by atoms with Crippen LogP contribution in [0.2, 0.25) is 5.02 Å². The number of alkyl halides is 3. The van der Waals surface area contributed by atoms with E-state index in [1.807, 2.05) is 0 Å². The number of hydrogen-bond donors (Lipinski definition) is 1. The van der Waals surface area contributed by atoms with Crippen LogP contribution in [0.5, 0.6) is 23.0 Å². The Labute approximate surface area is 271 Å². The number of pyridine rings is 1. The predicted octanol–water partition coefficient (Wildman–Crippen LogP) is 8.05. The molecule has 1 saturated heterocycles. The highest BCUT2D eigenvalue weighted by Gasteiger charge is 2.34. The van der Waals surface area contributed by atoms with E-state index in [1.165, 1.54) is 38.2 Å². The van der Waals surface area contributed by atoms with E-state index < -0.39 is 27.0 Å². The maximum absolute atomic E-state index is 13.0. The molecule has 1 fully saturated rings. The number of aromatic nitrogens is 1. The van der Waals surface area contributed by atoms with Crippen molar-refractivity contribution in [2.24, 2.45) is 5.92 Å². The first-order valence-electron chi connectivity index (χ1n) is 14.4. The SMILES string of the molecule is C=C/C(OC(F)(F)F)=C(\C=C)S(=O)(=O)Nc1cc(Oc2ccnc3cc(OCCCN4CCC(C)CC4)c(OC)cc23)ccc1Cl. The Hall–Kier alpha value is -3.94. The van der Waals surface area contributed by atoms with Gasteiger partial charge in [-0.25, -0.2) is 8.42 Å². The smallest absolute Gasteiger partial charge is 0.493 e. The van der Waals surface area contributed by atoms with Gasteiger partial charge in [-0.2, -0.15) is 0 Å². The van der Waals surface area contributed by atoms with E-state index >= 15 is 0 Å². The van der Waals surface area contributed by atoms with Gasteiger partial charge in [0.25, 0.3) is 10.0 Å². The summed E-state index contributed by atoms with van der Waals surface area (Å²) in [6, 6.07) is 9.25. The number of rotatable bonds is 14. The number of nitrogens with zero attached hydrogens (tertiary/aromatic N) is 2. The van der Waals surface area contributed by atoms with E-state index in [9.17, 15) is 21.6 Å². The number of fused-ring (bicyclic) bond motifs is 1. The molecule has 46 heavy (non-hydrogen) atoms. The van der Waals surface area contributed by atoms with Gasteiger partial charge in [0.05, 0.1) is 29.9 Å².